The minimum atomic E-state index is 0.0985. The first kappa shape index (κ1) is 21.6. The fourth-order valence-corrected chi connectivity index (χ4v) is 5.26. The Bertz CT molecular complexity index is 919. The molecule has 2 aliphatic heterocycles. The molecule has 0 bridgehead atoms. The maximum absolute atomic E-state index is 13.3. The minimum absolute atomic E-state index is 0.0985. The van der Waals surface area contributed by atoms with E-state index in [4.69, 9.17) is 0 Å². The van der Waals surface area contributed by atoms with Crippen LogP contribution in [-0.4, -0.2) is 57.0 Å². The molecule has 2 fully saturated rings. The summed E-state index contributed by atoms with van der Waals surface area (Å²) in [7, 11) is 0. The molecule has 0 saturated carbocycles. The zero-order chi connectivity index (χ0) is 22.0. The van der Waals surface area contributed by atoms with Gasteiger partial charge in [0, 0.05) is 31.1 Å². The van der Waals surface area contributed by atoms with Crippen molar-refractivity contribution in [1.82, 2.24) is 20.0 Å². The number of nitrogens with zero attached hydrogens (tertiary/aromatic N) is 3. The number of benzene rings is 1. The first-order chi connectivity index (χ1) is 14.9. The van der Waals surface area contributed by atoms with Crippen LogP contribution in [0.15, 0.2) is 30.5 Å². The molecule has 6 nitrogen and oxygen atoms in total. The number of aryl methyl sites for hydroxylation is 1. The van der Waals surface area contributed by atoms with Crippen LogP contribution in [0.3, 0.4) is 0 Å². The number of aromatic nitrogens is 2. The first-order valence-electron chi connectivity index (χ1n) is 11.6. The van der Waals surface area contributed by atoms with Crippen molar-refractivity contribution in [3.8, 4) is 0 Å². The maximum atomic E-state index is 13.3. The molecular weight excluding hydrogens is 388 g/mol. The van der Waals surface area contributed by atoms with Crippen LogP contribution >= 0.6 is 0 Å². The summed E-state index contributed by atoms with van der Waals surface area (Å²) in [6.07, 6.45) is 7.15. The Hall–Kier alpha value is -2.63. The Balaban J connectivity index is 1.39. The number of carbonyl (C=O) groups excluding carboxylic acids is 2. The smallest absolute Gasteiger partial charge is 0.257 e. The van der Waals surface area contributed by atoms with Gasteiger partial charge in [-0.05, 0) is 58.4 Å². The number of aromatic amines is 1. The number of carbonyl (C=O) groups is 2. The van der Waals surface area contributed by atoms with Crippen LogP contribution in [0.1, 0.15) is 79.0 Å². The van der Waals surface area contributed by atoms with Crippen molar-refractivity contribution in [3.05, 3.63) is 52.8 Å². The first-order valence-corrected chi connectivity index (χ1v) is 11.6. The van der Waals surface area contributed by atoms with E-state index in [2.05, 4.69) is 30.1 Å². The maximum Gasteiger partial charge on any atom is 0.257 e. The number of hydrogen-bond donors (Lipinski definition) is 1. The number of likely N-dealkylation sites (tertiary alicyclic amines) is 2. The molecule has 2 unspecified atom stereocenters. The molecule has 4 rings (SSSR count). The average molecular weight is 423 g/mol. The van der Waals surface area contributed by atoms with Gasteiger partial charge in [0.25, 0.3) is 5.91 Å². The molecule has 166 valence electrons. The van der Waals surface area contributed by atoms with Gasteiger partial charge >= 0.3 is 0 Å². The SMILES string of the molecule is Cc1cccc(CC(=O)N2CCC(c3[nH]ncc3C(=O)N3C(C)CCCC3C)CC2)c1. The Morgan fingerprint density at radius 1 is 1.10 bits per heavy atom. The highest BCUT2D eigenvalue weighted by Gasteiger charge is 2.34. The Kier molecular flexibility index (Phi) is 6.44. The molecule has 2 atom stereocenters. The Morgan fingerprint density at radius 3 is 2.48 bits per heavy atom. The van der Waals surface area contributed by atoms with Crippen molar-refractivity contribution in [3.63, 3.8) is 0 Å². The van der Waals surface area contributed by atoms with E-state index in [1.54, 1.807) is 6.20 Å². The highest BCUT2D eigenvalue weighted by atomic mass is 16.2. The molecule has 1 aromatic carbocycles. The van der Waals surface area contributed by atoms with Crippen LogP contribution in [0.4, 0.5) is 0 Å². The number of hydrogen-bond acceptors (Lipinski definition) is 3. The summed E-state index contributed by atoms with van der Waals surface area (Å²) in [6.45, 7) is 7.78. The standard InChI is InChI=1S/C25H34N4O2/c1-17-6-4-9-20(14-17)15-23(30)28-12-10-21(11-13-28)24-22(16-26-27-24)25(31)29-18(2)7-5-8-19(29)3/h4,6,9,14,16,18-19,21H,5,7-8,10-13,15H2,1-3H3,(H,26,27). The van der Waals surface area contributed by atoms with Crippen LogP contribution in [-0.2, 0) is 11.2 Å². The second-order valence-electron chi connectivity index (χ2n) is 9.36. The molecule has 0 aliphatic carbocycles. The summed E-state index contributed by atoms with van der Waals surface area (Å²) in [5, 5.41) is 7.34. The van der Waals surface area contributed by atoms with Crippen LogP contribution in [0.25, 0.3) is 0 Å². The normalized spacial score (nSPS) is 22.5. The van der Waals surface area contributed by atoms with Gasteiger partial charge in [-0.15, -0.1) is 0 Å². The molecule has 0 spiro atoms. The topological polar surface area (TPSA) is 69.3 Å². The molecule has 1 aromatic heterocycles. The third-order valence-electron chi connectivity index (χ3n) is 7.02. The van der Waals surface area contributed by atoms with Crippen molar-refractivity contribution >= 4 is 11.8 Å². The van der Waals surface area contributed by atoms with Crippen molar-refractivity contribution in [2.45, 2.75) is 77.3 Å². The molecule has 2 aliphatic rings. The highest BCUT2D eigenvalue weighted by molar-refractivity contribution is 5.95. The molecule has 2 saturated heterocycles. The number of rotatable bonds is 4. The summed E-state index contributed by atoms with van der Waals surface area (Å²) < 4.78 is 0. The molecule has 1 N–H and O–H groups in total. The van der Waals surface area contributed by atoms with Gasteiger partial charge in [-0.2, -0.15) is 5.10 Å². The van der Waals surface area contributed by atoms with Gasteiger partial charge in [-0.1, -0.05) is 29.8 Å². The zero-order valence-electron chi connectivity index (χ0n) is 18.9. The van der Waals surface area contributed by atoms with E-state index in [-0.39, 0.29) is 29.8 Å². The van der Waals surface area contributed by atoms with Crippen molar-refractivity contribution in [2.24, 2.45) is 0 Å². The monoisotopic (exact) mass is 422 g/mol. The van der Waals surface area contributed by atoms with Gasteiger partial charge in [0.2, 0.25) is 5.91 Å². The van der Waals surface area contributed by atoms with E-state index in [1.165, 1.54) is 12.0 Å². The van der Waals surface area contributed by atoms with Gasteiger partial charge in [0.15, 0.2) is 0 Å². The minimum Gasteiger partial charge on any atom is -0.342 e. The summed E-state index contributed by atoms with van der Waals surface area (Å²) in [6, 6.07) is 8.68. The van der Waals surface area contributed by atoms with E-state index in [1.807, 2.05) is 34.9 Å². The highest BCUT2D eigenvalue weighted by Crippen LogP contribution is 2.32. The molecule has 3 heterocycles. The van der Waals surface area contributed by atoms with E-state index in [0.717, 1.165) is 50.0 Å². The third kappa shape index (κ3) is 4.68. The fraction of sp³-hybridized carbons (Fsp3) is 0.560. The lowest BCUT2D eigenvalue weighted by Crippen LogP contribution is -2.47. The summed E-state index contributed by atoms with van der Waals surface area (Å²) in [5.74, 6) is 0.516. The lowest BCUT2D eigenvalue weighted by molar-refractivity contribution is -0.131. The van der Waals surface area contributed by atoms with E-state index in [9.17, 15) is 9.59 Å². The fourth-order valence-electron chi connectivity index (χ4n) is 5.26. The quantitative estimate of drug-likeness (QED) is 0.807. The molecule has 0 radical (unpaired) electrons. The van der Waals surface area contributed by atoms with Crippen molar-refractivity contribution in [1.29, 1.82) is 0 Å². The van der Waals surface area contributed by atoms with Crippen molar-refractivity contribution < 1.29 is 9.59 Å². The lowest BCUT2D eigenvalue weighted by atomic mass is 9.90. The summed E-state index contributed by atoms with van der Waals surface area (Å²) >= 11 is 0. The van der Waals surface area contributed by atoms with Gasteiger partial charge in [-0.3, -0.25) is 14.7 Å². The van der Waals surface area contributed by atoms with Crippen molar-refractivity contribution in [2.75, 3.05) is 13.1 Å². The molecular formula is C25H34N4O2. The number of amides is 2. The second-order valence-corrected chi connectivity index (χ2v) is 9.36. The Labute approximate surface area is 185 Å². The van der Waals surface area contributed by atoms with Crippen LogP contribution in [0.5, 0.6) is 0 Å². The molecule has 31 heavy (non-hydrogen) atoms. The van der Waals surface area contributed by atoms with E-state index in [0.29, 0.717) is 12.0 Å². The second kappa shape index (κ2) is 9.25. The van der Waals surface area contributed by atoms with Crippen LogP contribution in [0.2, 0.25) is 0 Å². The lowest BCUT2D eigenvalue weighted by Gasteiger charge is -2.39. The predicted molar refractivity (Wildman–Crippen MR) is 121 cm³/mol. The van der Waals surface area contributed by atoms with Gasteiger partial charge in [0.05, 0.1) is 23.9 Å². The van der Waals surface area contributed by atoms with E-state index < -0.39 is 0 Å². The van der Waals surface area contributed by atoms with Crippen LogP contribution < -0.4 is 0 Å². The van der Waals surface area contributed by atoms with Gasteiger partial charge in [0.1, 0.15) is 0 Å². The number of H-pyrrole nitrogens is 1. The molecule has 6 heteroatoms. The third-order valence-corrected chi connectivity index (χ3v) is 7.02. The predicted octanol–water partition coefficient (Wildman–Crippen LogP) is 4.07. The number of nitrogens with one attached hydrogen (secondary N) is 1. The summed E-state index contributed by atoms with van der Waals surface area (Å²) in [5.41, 5.74) is 3.90. The largest absolute Gasteiger partial charge is 0.342 e. The molecule has 2 aromatic rings. The molecule has 2 amide bonds. The Morgan fingerprint density at radius 2 is 1.81 bits per heavy atom. The zero-order valence-corrected chi connectivity index (χ0v) is 18.9. The number of piperidine rings is 2. The van der Waals surface area contributed by atoms with E-state index >= 15 is 0 Å². The summed E-state index contributed by atoms with van der Waals surface area (Å²) in [4.78, 5) is 30.1. The van der Waals surface area contributed by atoms with Gasteiger partial charge in [-0.25, -0.2) is 0 Å². The van der Waals surface area contributed by atoms with Crippen LogP contribution in [0, 0.1) is 6.92 Å². The van der Waals surface area contributed by atoms with Gasteiger partial charge < -0.3 is 9.80 Å². The average Bonchev–Trinajstić information content (AvgIpc) is 3.23.